The number of hydrogen-bond acceptors (Lipinski definition) is 1. The highest BCUT2D eigenvalue weighted by Gasteiger charge is 1.96. The minimum Gasteiger partial charge on any atom is -0.303 e. The van der Waals surface area contributed by atoms with Gasteiger partial charge in [-0.1, -0.05) is 33.1 Å². The lowest BCUT2D eigenvalue weighted by atomic mass is 10.1. The lowest BCUT2D eigenvalue weighted by Crippen LogP contribution is -1.94. The van der Waals surface area contributed by atoms with E-state index in [0.717, 1.165) is 32.0 Å². The van der Waals surface area contributed by atoms with Crippen LogP contribution in [0.1, 0.15) is 32.6 Å². The molecule has 0 aromatic carbocycles. The van der Waals surface area contributed by atoms with E-state index >= 15 is 0 Å². The summed E-state index contributed by atoms with van der Waals surface area (Å²) in [6.45, 7) is 5.67. The number of unbranched alkanes of at least 4 members (excludes halogenated alkanes) is 2. The van der Waals surface area contributed by atoms with Gasteiger partial charge < -0.3 is 4.79 Å². The molecule has 9 heavy (non-hydrogen) atoms. The molecule has 0 fully saturated rings. The quantitative estimate of drug-likeness (QED) is 0.409. The maximum absolute atomic E-state index is 10.1. The van der Waals surface area contributed by atoms with Crippen molar-refractivity contribution >= 4 is 6.29 Å². The molecule has 0 rings (SSSR count). The average Bonchev–Trinajstić information content (AvgIpc) is 1.89. The van der Waals surface area contributed by atoms with Crippen molar-refractivity contribution in [3.63, 3.8) is 0 Å². The molecular weight excluding hydrogens is 112 g/mol. The molecule has 0 aromatic heterocycles. The van der Waals surface area contributed by atoms with Gasteiger partial charge in [-0.3, -0.25) is 0 Å². The summed E-state index contributed by atoms with van der Waals surface area (Å²) in [4.78, 5) is 10.1. The first-order chi connectivity index (χ1) is 4.31. The Kier molecular flexibility index (Phi) is 5.59. The van der Waals surface area contributed by atoms with Gasteiger partial charge in [0.25, 0.3) is 0 Å². The molecule has 0 spiro atoms. The van der Waals surface area contributed by atoms with E-state index in [0.29, 0.717) is 0 Å². The second-order valence-corrected chi connectivity index (χ2v) is 2.46. The Balaban J connectivity index is 2.96. The van der Waals surface area contributed by atoms with Crippen LogP contribution >= 0.6 is 0 Å². The van der Waals surface area contributed by atoms with Gasteiger partial charge in [-0.25, -0.2) is 0 Å². The van der Waals surface area contributed by atoms with Crippen molar-refractivity contribution in [3.05, 3.63) is 6.92 Å². The monoisotopic (exact) mass is 127 g/mol. The Hall–Kier alpha value is -0.330. The van der Waals surface area contributed by atoms with E-state index < -0.39 is 0 Å². The standard InChI is InChI=1S/C8H15O/c1-3-4-5-6-8(2)7-9/h7-8H,1,3-6H2,2H3. The van der Waals surface area contributed by atoms with Gasteiger partial charge in [0.15, 0.2) is 0 Å². The minimum absolute atomic E-state index is 0.247. The number of carbonyl (C=O) groups is 1. The molecule has 0 heterocycles. The van der Waals surface area contributed by atoms with Gasteiger partial charge in [0.05, 0.1) is 0 Å². The molecule has 0 N–H and O–H groups in total. The van der Waals surface area contributed by atoms with Crippen molar-refractivity contribution < 1.29 is 4.79 Å². The Morgan fingerprint density at radius 1 is 1.56 bits per heavy atom. The summed E-state index contributed by atoms with van der Waals surface area (Å²) in [5, 5.41) is 0. The normalized spacial score (nSPS) is 13.1. The highest BCUT2D eigenvalue weighted by Crippen LogP contribution is 2.05. The van der Waals surface area contributed by atoms with Crippen LogP contribution in [0, 0.1) is 12.8 Å². The van der Waals surface area contributed by atoms with Crippen LogP contribution in [-0.2, 0) is 4.79 Å². The summed E-state index contributed by atoms with van der Waals surface area (Å²) in [7, 11) is 0. The van der Waals surface area contributed by atoms with Crippen molar-refractivity contribution in [2.24, 2.45) is 5.92 Å². The van der Waals surface area contributed by atoms with E-state index in [1.165, 1.54) is 0 Å². The Morgan fingerprint density at radius 3 is 2.67 bits per heavy atom. The van der Waals surface area contributed by atoms with Gasteiger partial charge in [-0.05, 0) is 6.42 Å². The largest absolute Gasteiger partial charge is 0.303 e. The van der Waals surface area contributed by atoms with Crippen LogP contribution in [0.3, 0.4) is 0 Å². The summed E-state index contributed by atoms with van der Waals surface area (Å²) in [6.07, 6.45) is 5.33. The van der Waals surface area contributed by atoms with Crippen LogP contribution in [0.4, 0.5) is 0 Å². The van der Waals surface area contributed by atoms with Crippen molar-refractivity contribution in [1.82, 2.24) is 0 Å². The Morgan fingerprint density at radius 2 is 2.22 bits per heavy atom. The van der Waals surface area contributed by atoms with Crippen molar-refractivity contribution in [2.75, 3.05) is 0 Å². The van der Waals surface area contributed by atoms with Crippen LogP contribution in [-0.4, -0.2) is 6.29 Å². The fraction of sp³-hybridized carbons (Fsp3) is 0.750. The van der Waals surface area contributed by atoms with Crippen LogP contribution in [0.15, 0.2) is 0 Å². The molecule has 0 saturated carbocycles. The third-order valence-corrected chi connectivity index (χ3v) is 1.39. The highest BCUT2D eigenvalue weighted by atomic mass is 16.1. The van der Waals surface area contributed by atoms with Gasteiger partial charge in [0, 0.05) is 5.92 Å². The molecule has 1 radical (unpaired) electrons. The molecule has 0 aromatic rings. The van der Waals surface area contributed by atoms with E-state index in [-0.39, 0.29) is 5.92 Å². The molecule has 0 saturated heterocycles. The molecule has 1 heteroatoms. The lowest BCUT2D eigenvalue weighted by Gasteiger charge is -1.99. The summed E-state index contributed by atoms with van der Waals surface area (Å²) in [5.41, 5.74) is 0. The maximum atomic E-state index is 10.1. The topological polar surface area (TPSA) is 17.1 Å². The van der Waals surface area contributed by atoms with Crippen LogP contribution < -0.4 is 0 Å². The first-order valence-electron chi connectivity index (χ1n) is 3.55. The second-order valence-electron chi connectivity index (χ2n) is 2.46. The van der Waals surface area contributed by atoms with Crippen LogP contribution in [0.5, 0.6) is 0 Å². The molecule has 0 amide bonds. The zero-order chi connectivity index (χ0) is 7.11. The fourth-order valence-corrected chi connectivity index (χ4v) is 0.711. The zero-order valence-electron chi connectivity index (χ0n) is 6.10. The molecule has 0 aliphatic carbocycles. The number of carbonyl (C=O) groups excluding carboxylic acids is 1. The van der Waals surface area contributed by atoms with Gasteiger partial charge in [0.2, 0.25) is 0 Å². The smallest absolute Gasteiger partial charge is 0.122 e. The predicted octanol–water partition coefficient (Wildman–Crippen LogP) is 2.22. The first-order valence-corrected chi connectivity index (χ1v) is 3.55. The molecule has 0 aliphatic heterocycles. The van der Waals surface area contributed by atoms with Crippen molar-refractivity contribution in [1.29, 1.82) is 0 Å². The molecule has 1 nitrogen and oxygen atoms in total. The van der Waals surface area contributed by atoms with Gasteiger partial charge in [-0.2, -0.15) is 0 Å². The van der Waals surface area contributed by atoms with Crippen molar-refractivity contribution in [2.45, 2.75) is 32.6 Å². The van der Waals surface area contributed by atoms with E-state index in [9.17, 15) is 4.79 Å². The summed E-state index contributed by atoms with van der Waals surface area (Å²) >= 11 is 0. The Bertz CT molecular complexity index is 69.0. The van der Waals surface area contributed by atoms with E-state index in [2.05, 4.69) is 6.92 Å². The fourth-order valence-electron chi connectivity index (χ4n) is 0.711. The maximum Gasteiger partial charge on any atom is 0.122 e. The second kappa shape index (κ2) is 5.80. The van der Waals surface area contributed by atoms with Gasteiger partial charge in [-0.15, -0.1) is 0 Å². The third-order valence-electron chi connectivity index (χ3n) is 1.39. The summed E-state index contributed by atoms with van der Waals surface area (Å²) < 4.78 is 0. The van der Waals surface area contributed by atoms with Gasteiger partial charge >= 0.3 is 0 Å². The predicted molar refractivity (Wildman–Crippen MR) is 39.1 cm³/mol. The number of aldehydes is 1. The zero-order valence-corrected chi connectivity index (χ0v) is 6.10. The van der Waals surface area contributed by atoms with Crippen LogP contribution in [0.25, 0.3) is 0 Å². The van der Waals surface area contributed by atoms with Gasteiger partial charge in [0.1, 0.15) is 6.29 Å². The van der Waals surface area contributed by atoms with Crippen LogP contribution in [0.2, 0.25) is 0 Å². The number of hydrogen-bond donors (Lipinski definition) is 0. The van der Waals surface area contributed by atoms with E-state index in [1.54, 1.807) is 0 Å². The SMILES string of the molecule is [CH2]CCCCC(C)C=O. The first kappa shape index (κ1) is 8.67. The van der Waals surface area contributed by atoms with E-state index in [4.69, 9.17) is 0 Å². The molecule has 53 valence electrons. The number of rotatable bonds is 5. The molecule has 1 atom stereocenters. The molecular formula is C8H15O. The third kappa shape index (κ3) is 5.54. The van der Waals surface area contributed by atoms with E-state index in [1.807, 2.05) is 6.92 Å². The Labute approximate surface area is 57.5 Å². The minimum atomic E-state index is 0.247. The highest BCUT2D eigenvalue weighted by molar-refractivity contribution is 5.52. The summed E-state index contributed by atoms with van der Waals surface area (Å²) in [5.74, 6) is 0.247. The molecule has 1 unspecified atom stereocenters. The molecule has 0 aliphatic rings. The van der Waals surface area contributed by atoms with Crippen molar-refractivity contribution in [3.8, 4) is 0 Å². The average molecular weight is 127 g/mol. The summed E-state index contributed by atoms with van der Waals surface area (Å²) in [6, 6.07) is 0. The molecule has 0 bridgehead atoms. The lowest BCUT2D eigenvalue weighted by molar-refractivity contribution is -0.110.